The molecule has 4 rings (SSSR count). The first-order valence-corrected chi connectivity index (χ1v) is 12.0. The maximum atomic E-state index is 14.8. The smallest absolute Gasteiger partial charge is 0.335 e. The Kier molecular flexibility index (Phi) is 7.38. The number of aromatic nitrogens is 3. The van der Waals surface area contributed by atoms with Crippen LogP contribution in [0.4, 0.5) is 20.3 Å². The van der Waals surface area contributed by atoms with Crippen LogP contribution in [0.1, 0.15) is 30.2 Å². The van der Waals surface area contributed by atoms with E-state index in [0.717, 1.165) is 29.0 Å². The molecule has 0 aliphatic rings. The number of hydrogen-bond donors (Lipinski definition) is 2. The van der Waals surface area contributed by atoms with Crippen molar-refractivity contribution in [3.8, 4) is 17.2 Å². The third-order valence-electron chi connectivity index (χ3n) is 5.29. The molecular weight excluding hydrogens is 599 g/mol. The van der Waals surface area contributed by atoms with Gasteiger partial charge in [-0.05, 0) is 72.8 Å². The van der Waals surface area contributed by atoms with Crippen LogP contribution in [0.2, 0.25) is 0 Å². The molecule has 2 heterocycles. The van der Waals surface area contributed by atoms with Crippen molar-refractivity contribution in [3.63, 3.8) is 0 Å². The minimum absolute atomic E-state index is 0.0498. The van der Waals surface area contributed by atoms with Gasteiger partial charge in [0.05, 0.1) is 9.26 Å². The SMILES string of the molecule is CC(C)n1cc(C(=O)Nc2ccc(Oc3ccnc(N)c3I)c(F)c2)c(=O)n(-c2ccc(F)cc2)c1=O. The second kappa shape index (κ2) is 10.5. The minimum Gasteiger partial charge on any atom is -0.453 e. The molecule has 0 radical (unpaired) electrons. The van der Waals surface area contributed by atoms with Gasteiger partial charge < -0.3 is 15.8 Å². The number of rotatable bonds is 6. The van der Waals surface area contributed by atoms with Gasteiger partial charge in [-0.3, -0.25) is 14.2 Å². The third-order valence-corrected chi connectivity index (χ3v) is 6.37. The Morgan fingerprint density at radius 3 is 2.43 bits per heavy atom. The maximum Gasteiger partial charge on any atom is 0.335 e. The molecule has 1 amide bonds. The number of halogens is 3. The van der Waals surface area contributed by atoms with E-state index in [1.54, 1.807) is 13.8 Å². The van der Waals surface area contributed by atoms with Crippen LogP contribution in [-0.4, -0.2) is 20.0 Å². The third kappa shape index (κ3) is 5.38. The summed E-state index contributed by atoms with van der Waals surface area (Å²) >= 11 is 1.93. The van der Waals surface area contributed by atoms with Crippen LogP contribution in [0.25, 0.3) is 5.69 Å². The summed E-state index contributed by atoms with van der Waals surface area (Å²) < 4.78 is 36.3. The summed E-state index contributed by atoms with van der Waals surface area (Å²) in [5.74, 6) is -1.77. The monoisotopic (exact) mass is 619 g/mol. The molecule has 0 aliphatic heterocycles. The Hall–Kier alpha value is -4.07. The number of hydrogen-bond acceptors (Lipinski definition) is 6. The van der Waals surface area contributed by atoms with Crippen molar-refractivity contribution < 1.29 is 18.3 Å². The molecule has 0 saturated heterocycles. The van der Waals surface area contributed by atoms with Gasteiger partial charge in [-0.2, -0.15) is 0 Å². The average Bonchev–Trinajstić information content (AvgIpc) is 2.84. The van der Waals surface area contributed by atoms with Gasteiger partial charge in [-0.25, -0.2) is 23.1 Å². The maximum absolute atomic E-state index is 14.8. The van der Waals surface area contributed by atoms with Gasteiger partial charge in [-0.1, -0.05) is 0 Å². The fourth-order valence-electron chi connectivity index (χ4n) is 3.41. The molecule has 2 aromatic heterocycles. The summed E-state index contributed by atoms with van der Waals surface area (Å²) in [6, 6.07) is 9.58. The molecule has 0 unspecified atom stereocenters. The predicted molar refractivity (Wildman–Crippen MR) is 142 cm³/mol. The fraction of sp³-hybridized carbons (Fsp3) is 0.120. The van der Waals surface area contributed by atoms with Gasteiger partial charge in [-0.15, -0.1) is 0 Å². The fourth-order valence-corrected chi connectivity index (χ4v) is 3.84. The van der Waals surface area contributed by atoms with E-state index in [2.05, 4.69) is 10.3 Å². The van der Waals surface area contributed by atoms with Crippen LogP contribution in [0.5, 0.6) is 11.5 Å². The van der Waals surface area contributed by atoms with Gasteiger partial charge in [0, 0.05) is 36.3 Å². The molecule has 9 nitrogen and oxygen atoms in total. The zero-order valence-corrected chi connectivity index (χ0v) is 21.7. The summed E-state index contributed by atoms with van der Waals surface area (Å²) in [6.07, 6.45) is 2.57. The van der Waals surface area contributed by atoms with Gasteiger partial charge in [0.2, 0.25) is 0 Å². The van der Waals surface area contributed by atoms with E-state index in [1.807, 2.05) is 22.6 Å². The first-order chi connectivity index (χ1) is 17.6. The molecule has 0 bridgehead atoms. The molecule has 4 aromatic rings. The van der Waals surface area contributed by atoms with Crippen molar-refractivity contribution >= 4 is 40.0 Å². The van der Waals surface area contributed by atoms with Crippen molar-refractivity contribution in [1.29, 1.82) is 0 Å². The van der Waals surface area contributed by atoms with Crippen LogP contribution in [0.3, 0.4) is 0 Å². The largest absolute Gasteiger partial charge is 0.453 e. The molecule has 3 N–H and O–H groups in total. The minimum atomic E-state index is -0.906. The molecule has 12 heteroatoms. The Balaban J connectivity index is 1.67. The zero-order valence-electron chi connectivity index (χ0n) is 19.5. The molecule has 190 valence electrons. The molecule has 0 aliphatic carbocycles. The number of anilines is 2. The number of carbonyl (C=O) groups is 1. The highest BCUT2D eigenvalue weighted by Crippen LogP contribution is 2.31. The zero-order chi connectivity index (χ0) is 26.9. The molecule has 0 spiro atoms. The van der Waals surface area contributed by atoms with Crippen LogP contribution in [-0.2, 0) is 0 Å². The number of amides is 1. The molecule has 2 aromatic carbocycles. The number of benzene rings is 2. The summed E-state index contributed by atoms with van der Waals surface area (Å²) in [5, 5.41) is 2.47. The molecule has 0 fully saturated rings. The predicted octanol–water partition coefficient (Wildman–Crippen LogP) is 4.48. The van der Waals surface area contributed by atoms with E-state index in [-0.39, 0.29) is 28.5 Å². The average molecular weight is 619 g/mol. The van der Waals surface area contributed by atoms with E-state index in [9.17, 15) is 23.2 Å². The Morgan fingerprint density at radius 1 is 1.08 bits per heavy atom. The van der Waals surface area contributed by atoms with E-state index in [0.29, 0.717) is 9.32 Å². The first kappa shape index (κ1) is 26.0. The van der Waals surface area contributed by atoms with Crippen LogP contribution < -0.4 is 27.0 Å². The number of nitrogens with zero attached hydrogens (tertiary/aromatic N) is 3. The number of pyridine rings is 1. The van der Waals surface area contributed by atoms with Crippen molar-refractivity contribution in [3.05, 3.63) is 103 Å². The van der Waals surface area contributed by atoms with Gasteiger partial charge in [0.15, 0.2) is 11.6 Å². The quantitative estimate of drug-likeness (QED) is 0.307. The summed E-state index contributed by atoms with van der Waals surface area (Å²) in [7, 11) is 0. The highest BCUT2D eigenvalue weighted by atomic mass is 127. The van der Waals surface area contributed by atoms with E-state index < -0.39 is 34.8 Å². The Labute approximate surface area is 222 Å². The lowest BCUT2D eigenvalue weighted by atomic mass is 10.2. The van der Waals surface area contributed by atoms with Crippen molar-refractivity contribution in [2.45, 2.75) is 19.9 Å². The van der Waals surface area contributed by atoms with Gasteiger partial charge in [0.25, 0.3) is 11.5 Å². The summed E-state index contributed by atoms with van der Waals surface area (Å²) in [5.41, 5.74) is 3.93. The number of nitrogen functional groups attached to an aromatic ring is 1. The Bertz CT molecular complexity index is 1620. The molecule has 0 atom stereocenters. The molecule has 0 saturated carbocycles. The number of nitrogens with one attached hydrogen (secondary N) is 1. The highest BCUT2D eigenvalue weighted by Gasteiger charge is 2.20. The second-order valence-corrected chi connectivity index (χ2v) is 9.23. The normalized spacial score (nSPS) is 11.0. The standard InChI is InChI=1S/C25H20F2IN5O4/c1-13(2)32-12-17(24(35)33(25(32)36)16-6-3-14(26)4-7-16)23(34)31-15-5-8-19(18(27)11-15)37-20-9-10-30-22(29)21(20)28/h3-13H,1-2H3,(H2,29,30)(H,31,34). The lowest BCUT2D eigenvalue weighted by Crippen LogP contribution is -2.42. The molecule has 37 heavy (non-hydrogen) atoms. The van der Waals surface area contributed by atoms with E-state index >= 15 is 0 Å². The van der Waals surface area contributed by atoms with Crippen LogP contribution in [0.15, 0.2) is 70.5 Å². The molecular formula is C25H20F2IN5O4. The van der Waals surface area contributed by atoms with Gasteiger partial charge >= 0.3 is 5.69 Å². The van der Waals surface area contributed by atoms with E-state index in [4.69, 9.17) is 10.5 Å². The van der Waals surface area contributed by atoms with Crippen molar-refractivity contribution in [1.82, 2.24) is 14.1 Å². The van der Waals surface area contributed by atoms with Crippen LogP contribution >= 0.6 is 22.6 Å². The van der Waals surface area contributed by atoms with Crippen molar-refractivity contribution in [2.24, 2.45) is 0 Å². The lowest BCUT2D eigenvalue weighted by molar-refractivity contribution is 0.102. The summed E-state index contributed by atoms with van der Waals surface area (Å²) in [6.45, 7) is 3.41. The van der Waals surface area contributed by atoms with Gasteiger partial charge in [0.1, 0.15) is 22.9 Å². The number of ether oxygens (including phenoxy) is 1. The lowest BCUT2D eigenvalue weighted by Gasteiger charge is -2.16. The summed E-state index contributed by atoms with van der Waals surface area (Å²) in [4.78, 5) is 43.1. The van der Waals surface area contributed by atoms with E-state index in [1.165, 1.54) is 41.1 Å². The van der Waals surface area contributed by atoms with Crippen LogP contribution in [0, 0.1) is 15.2 Å². The Morgan fingerprint density at radius 2 is 1.78 bits per heavy atom. The number of carbonyl (C=O) groups excluding carboxylic acids is 1. The topological polar surface area (TPSA) is 121 Å². The number of nitrogens with two attached hydrogens (primary N) is 1. The highest BCUT2D eigenvalue weighted by molar-refractivity contribution is 14.1. The first-order valence-electron chi connectivity index (χ1n) is 10.9. The van der Waals surface area contributed by atoms with Crippen molar-refractivity contribution in [2.75, 3.05) is 11.1 Å². The second-order valence-electron chi connectivity index (χ2n) is 8.15.